The average Bonchev–Trinajstić information content (AvgIpc) is 2.15. The van der Waals surface area contributed by atoms with Crippen LogP contribution < -0.4 is 0 Å². The van der Waals surface area contributed by atoms with Crippen LogP contribution >= 0.6 is 8.25 Å². The number of hydrogen-bond acceptors (Lipinski definition) is 2. The van der Waals surface area contributed by atoms with Crippen LogP contribution in [0.1, 0.15) is 58.3 Å². The molecule has 1 N–H and O–H groups in total. The molecule has 1 radical (unpaired) electrons. The zero-order valence-electron chi connectivity index (χ0n) is 9.07. The van der Waals surface area contributed by atoms with Gasteiger partial charge in [-0.3, -0.25) is 9.42 Å². The minimum Gasteiger partial charge on any atom is -0.298 e. The maximum atomic E-state index is 10.1. The SMILES string of the molecule is CCCCCCCCCCO[P](=O)O. The Hall–Kier alpha value is 0.0200. The van der Waals surface area contributed by atoms with Gasteiger partial charge >= 0.3 is 8.25 Å². The molecule has 0 spiro atoms. The second kappa shape index (κ2) is 11.1. The Bertz CT molecular complexity index is 139. The minimum absolute atomic E-state index is 0.417. The van der Waals surface area contributed by atoms with Gasteiger partial charge in [0.1, 0.15) is 0 Å². The Labute approximate surface area is 87.8 Å². The second-order valence-corrected chi connectivity index (χ2v) is 4.28. The Morgan fingerprint density at radius 3 is 2.00 bits per heavy atom. The Morgan fingerprint density at radius 1 is 1.00 bits per heavy atom. The molecule has 3 nitrogen and oxygen atoms in total. The van der Waals surface area contributed by atoms with Gasteiger partial charge in [-0.1, -0.05) is 51.9 Å². The van der Waals surface area contributed by atoms with Crippen molar-refractivity contribution in [2.24, 2.45) is 0 Å². The van der Waals surface area contributed by atoms with Crippen molar-refractivity contribution in [3.05, 3.63) is 0 Å². The Balaban J connectivity index is 2.88. The smallest absolute Gasteiger partial charge is 0.298 e. The molecule has 0 aliphatic rings. The fourth-order valence-corrected chi connectivity index (χ4v) is 1.66. The highest BCUT2D eigenvalue weighted by atomic mass is 31.1. The highest BCUT2D eigenvalue weighted by Gasteiger charge is 1.94. The maximum absolute atomic E-state index is 10.1. The van der Waals surface area contributed by atoms with Crippen LogP contribution in [0.4, 0.5) is 0 Å². The lowest BCUT2D eigenvalue weighted by Gasteiger charge is -2.00. The normalized spacial score (nSPS) is 11.7. The molecule has 0 aromatic rings. The van der Waals surface area contributed by atoms with E-state index >= 15 is 0 Å². The molecule has 4 heteroatoms. The summed E-state index contributed by atoms with van der Waals surface area (Å²) in [4.78, 5) is 8.34. The van der Waals surface area contributed by atoms with Gasteiger partial charge in [0.25, 0.3) is 0 Å². The first-order chi connectivity index (χ1) is 6.77. The predicted molar refractivity (Wildman–Crippen MR) is 58.4 cm³/mol. The van der Waals surface area contributed by atoms with Crippen LogP contribution in [0.25, 0.3) is 0 Å². The fraction of sp³-hybridized carbons (Fsp3) is 1.00. The van der Waals surface area contributed by atoms with Gasteiger partial charge in [-0.2, -0.15) is 0 Å². The number of rotatable bonds is 10. The zero-order chi connectivity index (χ0) is 10.6. The summed E-state index contributed by atoms with van der Waals surface area (Å²) in [5.74, 6) is 0. The molecule has 0 aromatic carbocycles. The molecule has 14 heavy (non-hydrogen) atoms. The van der Waals surface area contributed by atoms with Crippen molar-refractivity contribution < 1.29 is 14.0 Å². The van der Waals surface area contributed by atoms with E-state index in [0.29, 0.717) is 6.61 Å². The Morgan fingerprint density at radius 2 is 1.50 bits per heavy atom. The predicted octanol–water partition coefficient (Wildman–Crippen LogP) is 3.79. The van der Waals surface area contributed by atoms with Gasteiger partial charge in [0.2, 0.25) is 0 Å². The van der Waals surface area contributed by atoms with Crippen molar-refractivity contribution in [3.8, 4) is 0 Å². The van der Waals surface area contributed by atoms with E-state index in [1.165, 1.54) is 38.5 Å². The minimum atomic E-state index is -2.38. The summed E-state index contributed by atoms with van der Waals surface area (Å²) in [5.41, 5.74) is 0. The molecule has 0 fully saturated rings. The van der Waals surface area contributed by atoms with E-state index < -0.39 is 8.25 Å². The quantitative estimate of drug-likeness (QED) is 0.451. The lowest BCUT2D eigenvalue weighted by molar-refractivity contribution is 0.273. The van der Waals surface area contributed by atoms with E-state index in [9.17, 15) is 4.57 Å². The second-order valence-electron chi connectivity index (χ2n) is 3.55. The number of unbranched alkanes of at least 4 members (excludes halogenated alkanes) is 7. The standard InChI is InChI=1S/C10H22O3P/c1-2-3-4-5-6-7-8-9-10-13-14(11)12/h2-10H2,1H3,(H,11,12). The molecule has 0 rings (SSSR count). The van der Waals surface area contributed by atoms with Crippen LogP contribution in [0, 0.1) is 0 Å². The molecule has 0 amide bonds. The third kappa shape index (κ3) is 12.0. The lowest BCUT2D eigenvalue weighted by Crippen LogP contribution is -1.87. The van der Waals surface area contributed by atoms with Crippen molar-refractivity contribution >= 4 is 8.25 Å². The summed E-state index contributed by atoms with van der Waals surface area (Å²) in [6, 6.07) is 0. The summed E-state index contributed by atoms with van der Waals surface area (Å²) in [6.07, 6.45) is 9.80. The molecule has 0 aliphatic carbocycles. The molecule has 0 aliphatic heterocycles. The van der Waals surface area contributed by atoms with Gasteiger partial charge in [-0.15, -0.1) is 0 Å². The van der Waals surface area contributed by atoms with E-state index in [1.54, 1.807) is 0 Å². The van der Waals surface area contributed by atoms with E-state index in [1.807, 2.05) is 0 Å². The van der Waals surface area contributed by atoms with Crippen LogP contribution in [0.15, 0.2) is 0 Å². The lowest BCUT2D eigenvalue weighted by atomic mass is 10.1. The van der Waals surface area contributed by atoms with E-state index in [0.717, 1.165) is 12.8 Å². The zero-order valence-corrected chi connectivity index (χ0v) is 9.97. The summed E-state index contributed by atoms with van der Waals surface area (Å²) in [5, 5.41) is 0. The summed E-state index contributed by atoms with van der Waals surface area (Å²) in [6.45, 7) is 2.63. The molecule has 85 valence electrons. The molecule has 0 heterocycles. The maximum Gasteiger partial charge on any atom is 0.366 e. The monoisotopic (exact) mass is 221 g/mol. The third-order valence-electron chi connectivity index (χ3n) is 2.20. The van der Waals surface area contributed by atoms with Crippen molar-refractivity contribution in [2.45, 2.75) is 58.3 Å². The summed E-state index contributed by atoms with van der Waals surface area (Å²) < 4.78 is 14.7. The van der Waals surface area contributed by atoms with Gasteiger partial charge in [-0.25, -0.2) is 4.57 Å². The Kier molecular flexibility index (Phi) is 11.1. The molecule has 1 unspecified atom stereocenters. The molecule has 0 aromatic heterocycles. The van der Waals surface area contributed by atoms with Crippen LogP contribution in [-0.4, -0.2) is 11.5 Å². The summed E-state index contributed by atoms with van der Waals surface area (Å²) in [7, 11) is -2.38. The van der Waals surface area contributed by atoms with Crippen molar-refractivity contribution in [1.29, 1.82) is 0 Å². The van der Waals surface area contributed by atoms with Crippen LogP contribution in [0.2, 0.25) is 0 Å². The van der Waals surface area contributed by atoms with Gasteiger partial charge in [-0.05, 0) is 6.42 Å². The molecular formula is C10H22O3P. The van der Waals surface area contributed by atoms with Gasteiger partial charge in [0.15, 0.2) is 0 Å². The van der Waals surface area contributed by atoms with Crippen LogP contribution in [-0.2, 0) is 9.09 Å². The molecule has 1 atom stereocenters. The van der Waals surface area contributed by atoms with Gasteiger partial charge in [0.05, 0.1) is 6.61 Å². The highest BCUT2D eigenvalue weighted by molar-refractivity contribution is 7.32. The van der Waals surface area contributed by atoms with E-state index in [2.05, 4.69) is 11.4 Å². The first-order valence-electron chi connectivity index (χ1n) is 5.56. The first kappa shape index (κ1) is 14.0. The van der Waals surface area contributed by atoms with Crippen molar-refractivity contribution in [3.63, 3.8) is 0 Å². The summed E-state index contributed by atoms with van der Waals surface area (Å²) >= 11 is 0. The van der Waals surface area contributed by atoms with Crippen LogP contribution in [0.5, 0.6) is 0 Å². The van der Waals surface area contributed by atoms with Gasteiger partial charge in [0, 0.05) is 0 Å². The molecular weight excluding hydrogens is 199 g/mol. The average molecular weight is 221 g/mol. The first-order valence-corrected chi connectivity index (χ1v) is 6.69. The van der Waals surface area contributed by atoms with Crippen molar-refractivity contribution in [2.75, 3.05) is 6.61 Å². The third-order valence-corrected chi connectivity index (χ3v) is 2.60. The van der Waals surface area contributed by atoms with Gasteiger partial charge < -0.3 is 0 Å². The topological polar surface area (TPSA) is 46.5 Å². The highest BCUT2D eigenvalue weighted by Crippen LogP contribution is 2.15. The van der Waals surface area contributed by atoms with E-state index in [4.69, 9.17) is 4.89 Å². The fourth-order valence-electron chi connectivity index (χ4n) is 1.38. The number of hydrogen-bond donors (Lipinski definition) is 1. The largest absolute Gasteiger partial charge is 0.366 e. The van der Waals surface area contributed by atoms with Crippen molar-refractivity contribution in [1.82, 2.24) is 0 Å². The van der Waals surface area contributed by atoms with E-state index in [-0.39, 0.29) is 0 Å². The van der Waals surface area contributed by atoms with Crippen LogP contribution in [0.3, 0.4) is 0 Å². The molecule has 0 saturated heterocycles. The molecule has 0 bridgehead atoms. The molecule has 0 saturated carbocycles.